The van der Waals surface area contributed by atoms with Crippen LogP contribution >= 0.6 is 0 Å². The van der Waals surface area contributed by atoms with E-state index in [-0.39, 0.29) is 11.8 Å². The van der Waals surface area contributed by atoms with Crippen LogP contribution in [0.3, 0.4) is 0 Å². The fraction of sp³-hybridized carbons (Fsp3) is 0.174. The molecule has 0 spiro atoms. The number of likely N-dealkylation sites (N-methyl/N-ethyl adjacent to an activating group) is 1. The first kappa shape index (κ1) is 21.0. The van der Waals surface area contributed by atoms with E-state index in [1.54, 1.807) is 50.6 Å². The number of nitrogens with one attached hydrogen (secondary N) is 1. The van der Waals surface area contributed by atoms with Gasteiger partial charge in [0.1, 0.15) is 23.9 Å². The zero-order valence-electron chi connectivity index (χ0n) is 16.8. The molecule has 2 amide bonds. The third-order valence-corrected chi connectivity index (χ3v) is 4.26. The van der Waals surface area contributed by atoms with Gasteiger partial charge in [0.2, 0.25) is 0 Å². The van der Waals surface area contributed by atoms with E-state index in [1.165, 1.54) is 17.0 Å². The maximum Gasteiger partial charge on any atom is 0.321 e. The Labute approximate surface area is 174 Å². The lowest BCUT2D eigenvalue weighted by Crippen LogP contribution is -2.34. The van der Waals surface area contributed by atoms with Crippen LogP contribution in [0.5, 0.6) is 23.0 Å². The molecule has 3 aromatic rings. The molecule has 0 saturated heterocycles. The second kappa shape index (κ2) is 10.2. The average molecular weight is 410 g/mol. The molecule has 7 heteroatoms. The standard InChI is InChI=1S/C23H23FN2O4/c1-26(15-16-29-19-11-7-17(24)8-12-19)23(27)25-18-9-13-20(14-10-18)30-22-6-4-3-5-21(22)28-2/h3-14H,15-16H2,1-2H3,(H,25,27). The highest BCUT2D eigenvalue weighted by Gasteiger charge is 2.10. The number of para-hydroxylation sites is 2. The molecule has 0 aliphatic heterocycles. The molecule has 156 valence electrons. The monoisotopic (exact) mass is 410 g/mol. The number of hydrogen-bond donors (Lipinski definition) is 1. The van der Waals surface area contributed by atoms with Gasteiger partial charge in [-0.15, -0.1) is 0 Å². The lowest BCUT2D eigenvalue weighted by molar-refractivity contribution is 0.207. The lowest BCUT2D eigenvalue weighted by atomic mass is 10.3. The molecule has 30 heavy (non-hydrogen) atoms. The normalized spacial score (nSPS) is 10.2. The van der Waals surface area contributed by atoms with E-state index in [0.29, 0.717) is 41.8 Å². The van der Waals surface area contributed by atoms with Gasteiger partial charge in [-0.05, 0) is 60.7 Å². The van der Waals surface area contributed by atoms with Crippen molar-refractivity contribution in [1.29, 1.82) is 0 Å². The van der Waals surface area contributed by atoms with Crippen molar-refractivity contribution in [3.05, 3.63) is 78.6 Å². The Morgan fingerprint density at radius 2 is 1.57 bits per heavy atom. The number of amides is 2. The van der Waals surface area contributed by atoms with Gasteiger partial charge in [0, 0.05) is 12.7 Å². The summed E-state index contributed by atoms with van der Waals surface area (Å²) in [5.74, 6) is 2.10. The van der Waals surface area contributed by atoms with Crippen molar-refractivity contribution in [2.24, 2.45) is 0 Å². The van der Waals surface area contributed by atoms with Crippen LogP contribution in [0.15, 0.2) is 72.8 Å². The van der Waals surface area contributed by atoms with Crippen molar-refractivity contribution in [1.82, 2.24) is 4.90 Å². The number of carbonyl (C=O) groups excluding carboxylic acids is 1. The van der Waals surface area contributed by atoms with Crippen molar-refractivity contribution < 1.29 is 23.4 Å². The number of ether oxygens (including phenoxy) is 3. The second-order valence-corrected chi connectivity index (χ2v) is 6.43. The molecule has 0 heterocycles. The predicted octanol–water partition coefficient (Wildman–Crippen LogP) is 5.17. The van der Waals surface area contributed by atoms with Gasteiger partial charge in [0.05, 0.1) is 13.7 Å². The molecule has 3 rings (SSSR count). The summed E-state index contributed by atoms with van der Waals surface area (Å²) in [5, 5.41) is 2.81. The minimum atomic E-state index is -0.321. The molecular weight excluding hydrogens is 387 g/mol. The summed E-state index contributed by atoms with van der Waals surface area (Å²) in [6.45, 7) is 0.666. The van der Waals surface area contributed by atoms with Crippen LogP contribution in [0.2, 0.25) is 0 Å². The smallest absolute Gasteiger partial charge is 0.321 e. The lowest BCUT2D eigenvalue weighted by Gasteiger charge is -2.18. The SMILES string of the molecule is COc1ccccc1Oc1ccc(NC(=O)N(C)CCOc2ccc(F)cc2)cc1. The highest BCUT2D eigenvalue weighted by molar-refractivity contribution is 5.89. The summed E-state index contributed by atoms with van der Waals surface area (Å²) in [7, 11) is 3.25. The molecule has 6 nitrogen and oxygen atoms in total. The van der Waals surface area contributed by atoms with Crippen molar-refractivity contribution in [3.8, 4) is 23.0 Å². The molecule has 0 aliphatic carbocycles. The van der Waals surface area contributed by atoms with E-state index in [1.807, 2.05) is 24.3 Å². The molecule has 0 aromatic heterocycles. The third-order valence-electron chi connectivity index (χ3n) is 4.26. The maximum absolute atomic E-state index is 12.9. The van der Waals surface area contributed by atoms with Crippen molar-refractivity contribution in [2.45, 2.75) is 0 Å². The highest BCUT2D eigenvalue weighted by Crippen LogP contribution is 2.31. The number of carbonyl (C=O) groups is 1. The Morgan fingerprint density at radius 1 is 0.933 bits per heavy atom. The highest BCUT2D eigenvalue weighted by atomic mass is 19.1. The Kier molecular flexibility index (Phi) is 7.10. The molecule has 0 bridgehead atoms. The summed E-state index contributed by atoms with van der Waals surface area (Å²) >= 11 is 0. The van der Waals surface area contributed by atoms with E-state index in [9.17, 15) is 9.18 Å². The second-order valence-electron chi connectivity index (χ2n) is 6.43. The summed E-state index contributed by atoms with van der Waals surface area (Å²) in [6, 6.07) is 19.9. The molecule has 1 N–H and O–H groups in total. The summed E-state index contributed by atoms with van der Waals surface area (Å²) in [4.78, 5) is 13.8. The number of methoxy groups -OCH3 is 1. The minimum Gasteiger partial charge on any atom is -0.493 e. The van der Waals surface area contributed by atoms with Crippen LogP contribution in [0, 0.1) is 5.82 Å². The fourth-order valence-corrected chi connectivity index (χ4v) is 2.59. The number of rotatable bonds is 8. The van der Waals surface area contributed by atoms with Crippen LogP contribution in [0.1, 0.15) is 0 Å². The van der Waals surface area contributed by atoms with Gasteiger partial charge in [0.15, 0.2) is 11.5 Å². The van der Waals surface area contributed by atoms with Crippen LogP contribution in [0.25, 0.3) is 0 Å². The van der Waals surface area contributed by atoms with Gasteiger partial charge < -0.3 is 24.4 Å². The first-order chi connectivity index (χ1) is 14.5. The van der Waals surface area contributed by atoms with Crippen molar-refractivity contribution >= 4 is 11.7 Å². The van der Waals surface area contributed by atoms with Crippen LogP contribution in [-0.2, 0) is 0 Å². The number of urea groups is 1. The van der Waals surface area contributed by atoms with Crippen LogP contribution < -0.4 is 19.5 Å². The number of nitrogens with zero attached hydrogens (tertiary/aromatic N) is 1. The quantitative estimate of drug-likeness (QED) is 0.557. The van der Waals surface area contributed by atoms with Gasteiger partial charge in [-0.3, -0.25) is 0 Å². The Balaban J connectivity index is 1.48. The van der Waals surface area contributed by atoms with Crippen molar-refractivity contribution in [2.75, 3.05) is 32.6 Å². The molecule has 0 aliphatic rings. The van der Waals surface area contributed by atoms with Crippen molar-refractivity contribution in [3.63, 3.8) is 0 Å². The number of hydrogen-bond acceptors (Lipinski definition) is 4. The van der Waals surface area contributed by atoms with E-state index < -0.39 is 0 Å². The van der Waals surface area contributed by atoms with Crippen LogP contribution in [0.4, 0.5) is 14.9 Å². The molecule has 0 fully saturated rings. The van der Waals surface area contributed by atoms with E-state index >= 15 is 0 Å². The largest absolute Gasteiger partial charge is 0.493 e. The fourth-order valence-electron chi connectivity index (χ4n) is 2.59. The Bertz CT molecular complexity index is 962. The topological polar surface area (TPSA) is 60.0 Å². The molecule has 0 radical (unpaired) electrons. The molecule has 3 aromatic carbocycles. The summed E-state index contributed by atoms with van der Waals surface area (Å²) in [6.07, 6.45) is 0. The zero-order valence-corrected chi connectivity index (χ0v) is 16.8. The Hall–Kier alpha value is -3.74. The molecule has 0 saturated carbocycles. The van der Waals surface area contributed by atoms with Gasteiger partial charge in [0.25, 0.3) is 0 Å². The Morgan fingerprint density at radius 3 is 2.23 bits per heavy atom. The average Bonchev–Trinajstić information content (AvgIpc) is 2.76. The predicted molar refractivity (Wildman–Crippen MR) is 113 cm³/mol. The van der Waals surface area contributed by atoms with E-state index in [4.69, 9.17) is 14.2 Å². The van der Waals surface area contributed by atoms with Gasteiger partial charge in [-0.2, -0.15) is 0 Å². The molecule has 0 atom stereocenters. The first-order valence-electron chi connectivity index (χ1n) is 9.36. The van der Waals surface area contributed by atoms with Gasteiger partial charge in [-0.1, -0.05) is 12.1 Å². The first-order valence-corrected chi connectivity index (χ1v) is 9.36. The van der Waals surface area contributed by atoms with Crippen LogP contribution in [-0.4, -0.2) is 38.2 Å². The van der Waals surface area contributed by atoms with E-state index in [2.05, 4.69) is 5.32 Å². The molecular formula is C23H23FN2O4. The zero-order chi connectivity index (χ0) is 21.3. The third kappa shape index (κ3) is 5.88. The molecule has 0 unspecified atom stereocenters. The number of benzene rings is 3. The number of halogens is 1. The summed E-state index contributed by atoms with van der Waals surface area (Å²) in [5.41, 5.74) is 0.638. The number of anilines is 1. The van der Waals surface area contributed by atoms with Gasteiger partial charge >= 0.3 is 6.03 Å². The summed E-state index contributed by atoms with van der Waals surface area (Å²) < 4.78 is 29.5. The minimum absolute atomic E-state index is 0.267. The maximum atomic E-state index is 12.9. The van der Waals surface area contributed by atoms with E-state index in [0.717, 1.165) is 0 Å². The van der Waals surface area contributed by atoms with Gasteiger partial charge in [-0.25, -0.2) is 9.18 Å².